The van der Waals surface area contributed by atoms with E-state index in [4.69, 9.17) is 22.4 Å². The zero-order valence-electron chi connectivity index (χ0n) is 22.4. The molecule has 1 aliphatic rings. The van der Waals surface area contributed by atoms with E-state index >= 15 is 0 Å². The molecule has 0 bridgehead atoms. The number of thiocarbonyl (C=S) groups is 1. The second-order valence-corrected chi connectivity index (χ2v) is 10.3. The standard InChI is InChI=1S/C29H34FN7S/c1-20-27(22(3)37(33-20)26-8-6-5-7-9-26)19-34-14-16-35(17-15-34)29(38)31-28-21(2)32-36(23(28)4)18-24-10-12-25(30)13-11-24/h5-13H,14-19H2,1-4H3,(H,31,38). The molecule has 1 saturated heterocycles. The van der Waals surface area contributed by atoms with Gasteiger partial charge < -0.3 is 10.2 Å². The summed E-state index contributed by atoms with van der Waals surface area (Å²) in [4.78, 5) is 4.71. The number of aryl methyl sites for hydroxylation is 2. The van der Waals surface area contributed by atoms with E-state index in [-0.39, 0.29) is 5.82 Å². The molecule has 0 spiro atoms. The molecule has 1 N–H and O–H groups in total. The van der Waals surface area contributed by atoms with Gasteiger partial charge in [0.25, 0.3) is 0 Å². The minimum absolute atomic E-state index is 0.234. The average Bonchev–Trinajstić information content (AvgIpc) is 3.35. The van der Waals surface area contributed by atoms with Crippen molar-refractivity contribution in [2.75, 3.05) is 31.5 Å². The van der Waals surface area contributed by atoms with Crippen LogP contribution >= 0.6 is 12.2 Å². The summed E-state index contributed by atoms with van der Waals surface area (Å²) >= 11 is 5.80. The van der Waals surface area contributed by atoms with Crippen molar-refractivity contribution in [2.24, 2.45) is 0 Å². The van der Waals surface area contributed by atoms with E-state index < -0.39 is 0 Å². The molecule has 198 valence electrons. The molecule has 7 nitrogen and oxygen atoms in total. The van der Waals surface area contributed by atoms with Crippen LogP contribution in [0.5, 0.6) is 0 Å². The highest BCUT2D eigenvalue weighted by atomic mass is 32.1. The molecule has 38 heavy (non-hydrogen) atoms. The molecular formula is C29H34FN7S. The van der Waals surface area contributed by atoms with E-state index in [9.17, 15) is 4.39 Å². The molecule has 2 aromatic carbocycles. The van der Waals surface area contributed by atoms with Crippen molar-refractivity contribution in [1.82, 2.24) is 29.4 Å². The zero-order chi connectivity index (χ0) is 26.8. The number of anilines is 1. The molecule has 9 heteroatoms. The van der Waals surface area contributed by atoms with Crippen molar-refractivity contribution in [3.05, 3.63) is 94.3 Å². The minimum atomic E-state index is -0.234. The summed E-state index contributed by atoms with van der Waals surface area (Å²) in [5, 5.41) is 13.7. The number of nitrogens with one attached hydrogen (secondary N) is 1. The number of nitrogens with zero attached hydrogens (tertiary/aromatic N) is 6. The highest BCUT2D eigenvalue weighted by Crippen LogP contribution is 2.23. The third-order valence-electron chi connectivity index (χ3n) is 7.34. The monoisotopic (exact) mass is 531 g/mol. The average molecular weight is 532 g/mol. The predicted molar refractivity (Wildman–Crippen MR) is 153 cm³/mol. The second-order valence-electron chi connectivity index (χ2n) is 9.92. The Morgan fingerprint density at radius 2 is 1.53 bits per heavy atom. The molecule has 2 aromatic heterocycles. The van der Waals surface area contributed by atoms with Gasteiger partial charge in [0.2, 0.25) is 0 Å². The summed E-state index contributed by atoms with van der Waals surface area (Å²) in [5.41, 5.74) is 8.50. The van der Waals surface area contributed by atoms with Gasteiger partial charge in [0.05, 0.1) is 35.0 Å². The number of aromatic nitrogens is 4. The minimum Gasteiger partial charge on any atom is -0.346 e. The molecule has 1 aliphatic heterocycles. The van der Waals surface area contributed by atoms with Crippen molar-refractivity contribution >= 4 is 23.0 Å². The number of piperazine rings is 1. The molecule has 0 amide bonds. The summed E-state index contributed by atoms with van der Waals surface area (Å²) in [6, 6.07) is 16.8. The highest BCUT2D eigenvalue weighted by Gasteiger charge is 2.23. The van der Waals surface area contributed by atoms with Gasteiger partial charge in [-0.2, -0.15) is 10.2 Å². The van der Waals surface area contributed by atoms with Crippen molar-refractivity contribution in [3.8, 4) is 5.69 Å². The quantitative estimate of drug-likeness (QED) is 0.353. The summed E-state index contributed by atoms with van der Waals surface area (Å²) < 4.78 is 17.2. The van der Waals surface area contributed by atoms with Crippen LogP contribution in [0.25, 0.3) is 5.69 Å². The van der Waals surface area contributed by atoms with Crippen LogP contribution in [0.3, 0.4) is 0 Å². The number of hydrogen-bond donors (Lipinski definition) is 1. The van der Waals surface area contributed by atoms with Crippen molar-refractivity contribution in [1.29, 1.82) is 0 Å². The number of para-hydroxylation sites is 1. The first-order valence-corrected chi connectivity index (χ1v) is 13.4. The second kappa shape index (κ2) is 11.0. The van der Waals surface area contributed by atoms with Gasteiger partial charge in [-0.1, -0.05) is 30.3 Å². The van der Waals surface area contributed by atoms with Gasteiger partial charge in [-0.3, -0.25) is 9.58 Å². The third-order valence-corrected chi connectivity index (χ3v) is 7.70. The molecule has 4 aromatic rings. The molecule has 0 radical (unpaired) electrons. The van der Waals surface area contributed by atoms with Crippen molar-refractivity contribution in [2.45, 2.75) is 40.8 Å². The Morgan fingerprint density at radius 1 is 0.842 bits per heavy atom. The van der Waals surface area contributed by atoms with Gasteiger partial charge in [0.1, 0.15) is 5.82 Å². The third kappa shape index (κ3) is 5.49. The van der Waals surface area contributed by atoms with Crippen LogP contribution < -0.4 is 5.32 Å². The van der Waals surface area contributed by atoms with E-state index in [0.717, 1.165) is 71.9 Å². The lowest BCUT2D eigenvalue weighted by Crippen LogP contribution is -2.49. The van der Waals surface area contributed by atoms with Crippen LogP contribution in [0.2, 0.25) is 0 Å². The molecule has 0 atom stereocenters. The van der Waals surface area contributed by atoms with Crippen LogP contribution in [0.1, 0.15) is 33.9 Å². The first-order chi connectivity index (χ1) is 18.3. The lowest BCUT2D eigenvalue weighted by molar-refractivity contribution is 0.176. The molecule has 0 unspecified atom stereocenters. The van der Waals surface area contributed by atoms with Gasteiger partial charge in [0.15, 0.2) is 5.11 Å². The fourth-order valence-electron chi connectivity index (χ4n) is 5.04. The maximum absolute atomic E-state index is 13.3. The Balaban J connectivity index is 1.19. The Bertz CT molecular complexity index is 1420. The molecular weight excluding hydrogens is 497 g/mol. The van der Waals surface area contributed by atoms with Gasteiger partial charge in [-0.15, -0.1) is 0 Å². The Morgan fingerprint density at radius 3 is 2.21 bits per heavy atom. The van der Waals surface area contributed by atoms with Gasteiger partial charge in [0, 0.05) is 44.0 Å². The lowest BCUT2D eigenvalue weighted by Gasteiger charge is -2.36. The number of benzene rings is 2. The lowest BCUT2D eigenvalue weighted by atomic mass is 10.1. The number of rotatable bonds is 6. The van der Waals surface area contributed by atoms with Crippen LogP contribution in [-0.2, 0) is 13.1 Å². The van der Waals surface area contributed by atoms with Crippen molar-refractivity contribution in [3.63, 3.8) is 0 Å². The van der Waals surface area contributed by atoms with Gasteiger partial charge >= 0.3 is 0 Å². The Labute approximate surface area is 228 Å². The Hall–Kier alpha value is -3.56. The first kappa shape index (κ1) is 26.1. The van der Waals surface area contributed by atoms with Crippen LogP contribution in [0.4, 0.5) is 10.1 Å². The first-order valence-electron chi connectivity index (χ1n) is 13.0. The van der Waals surface area contributed by atoms with Gasteiger partial charge in [-0.25, -0.2) is 9.07 Å². The molecule has 5 rings (SSSR count). The van der Waals surface area contributed by atoms with Crippen LogP contribution in [0, 0.1) is 33.5 Å². The van der Waals surface area contributed by atoms with E-state index in [1.165, 1.54) is 23.4 Å². The van der Waals surface area contributed by atoms with E-state index in [0.29, 0.717) is 6.54 Å². The van der Waals surface area contributed by atoms with E-state index in [2.05, 4.69) is 41.1 Å². The SMILES string of the molecule is Cc1nn(-c2ccccc2)c(C)c1CN1CCN(C(=S)Nc2c(C)nn(Cc3ccc(F)cc3)c2C)CC1. The zero-order valence-corrected chi connectivity index (χ0v) is 23.2. The number of halogens is 1. The van der Waals surface area contributed by atoms with Crippen molar-refractivity contribution < 1.29 is 4.39 Å². The largest absolute Gasteiger partial charge is 0.346 e. The Kier molecular flexibility index (Phi) is 7.58. The fraction of sp³-hybridized carbons (Fsp3) is 0.345. The van der Waals surface area contributed by atoms with E-state index in [1.54, 1.807) is 12.1 Å². The topological polar surface area (TPSA) is 54.2 Å². The normalized spacial score (nSPS) is 14.2. The molecule has 0 aliphatic carbocycles. The van der Waals surface area contributed by atoms with E-state index in [1.807, 2.05) is 41.4 Å². The van der Waals surface area contributed by atoms with Gasteiger partial charge in [-0.05, 0) is 69.7 Å². The maximum Gasteiger partial charge on any atom is 0.173 e. The molecule has 0 saturated carbocycles. The summed E-state index contributed by atoms with van der Waals surface area (Å²) in [7, 11) is 0. The fourth-order valence-corrected chi connectivity index (χ4v) is 5.32. The molecule has 1 fully saturated rings. The molecule has 3 heterocycles. The summed E-state index contributed by atoms with van der Waals surface area (Å²) in [5.74, 6) is -0.234. The summed E-state index contributed by atoms with van der Waals surface area (Å²) in [6.07, 6.45) is 0. The predicted octanol–water partition coefficient (Wildman–Crippen LogP) is 5.00. The van der Waals surface area contributed by atoms with Crippen LogP contribution in [0.15, 0.2) is 54.6 Å². The van der Waals surface area contributed by atoms with Crippen LogP contribution in [-0.4, -0.2) is 60.7 Å². The number of hydrogen-bond acceptors (Lipinski definition) is 4. The smallest absolute Gasteiger partial charge is 0.173 e. The highest BCUT2D eigenvalue weighted by molar-refractivity contribution is 7.80. The summed E-state index contributed by atoms with van der Waals surface area (Å²) in [6.45, 7) is 13.3. The maximum atomic E-state index is 13.3.